The van der Waals surface area contributed by atoms with Gasteiger partial charge in [0.2, 0.25) is 11.8 Å². The molecule has 1 aliphatic carbocycles. The van der Waals surface area contributed by atoms with E-state index in [0.717, 1.165) is 13.5 Å². The lowest BCUT2D eigenvalue weighted by Crippen LogP contribution is -2.58. The predicted molar refractivity (Wildman–Crippen MR) is 113 cm³/mol. The summed E-state index contributed by atoms with van der Waals surface area (Å²) < 4.78 is 41.5. The van der Waals surface area contributed by atoms with Crippen LogP contribution >= 0.6 is 0 Å². The summed E-state index contributed by atoms with van der Waals surface area (Å²) in [5.74, 6) is -1.15. The van der Waals surface area contributed by atoms with Crippen LogP contribution in [0.25, 0.3) is 0 Å². The minimum Gasteiger partial charge on any atom is -0.380 e. The summed E-state index contributed by atoms with van der Waals surface area (Å²) in [6.45, 7) is 4.27. The molecule has 1 fully saturated rings. The molecule has 2 aromatic rings. The van der Waals surface area contributed by atoms with Crippen molar-refractivity contribution in [2.24, 2.45) is 0 Å². The lowest BCUT2D eigenvalue weighted by atomic mass is 9.83. The highest BCUT2D eigenvalue weighted by Gasteiger charge is 2.48. The highest BCUT2D eigenvalue weighted by molar-refractivity contribution is 5.97. The molecule has 0 spiro atoms. The Hall–Kier alpha value is -3.10. The molecule has 2 amide bonds. The van der Waals surface area contributed by atoms with Crippen molar-refractivity contribution in [3.63, 3.8) is 0 Å². The Morgan fingerprint density at radius 3 is 2.47 bits per heavy atom. The van der Waals surface area contributed by atoms with Gasteiger partial charge in [-0.3, -0.25) is 14.6 Å². The van der Waals surface area contributed by atoms with Crippen molar-refractivity contribution in [1.82, 2.24) is 15.2 Å². The molecule has 2 heterocycles. The summed E-state index contributed by atoms with van der Waals surface area (Å²) >= 11 is 0. The van der Waals surface area contributed by atoms with Crippen molar-refractivity contribution < 1.29 is 22.8 Å². The molecule has 4 rings (SSSR count). The van der Waals surface area contributed by atoms with Crippen LogP contribution in [0.4, 0.5) is 18.9 Å². The van der Waals surface area contributed by atoms with Gasteiger partial charge in [0.05, 0.1) is 24.0 Å². The SMILES string of the molecule is CN(C(=O)C1CC(=O)N1)[C@@H](c1ccc(NC2Cc3ccccc3C2(C)C)cn1)C(F)(F)F. The van der Waals surface area contributed by atoms with Gasteiger partial charge in [0.25, 0.3) is 0 Å². The largest absolute Gasteiger partial charge is 0.414 e. The molecule has 3 atom stereocenters. The molecule has 1 saturated heterocycles. The number of fused-ring (bicyclic) bond motifs is 1. The van der Waals surface area contributed by atoms with Gasteiger partial charge in [-0.15, -0.1) is 0 Å². The average Bonchev–Trinajstić information content (AvgIpc) is 2.95. The van der Waals surface area contributed by atoms with Crippen molar-refractivity contribution in [2.45, 2.75) is 56.4 Å². The molecule has 2 aliphatic rings. The van der Waals surface area contributed by atoms with Crippen LogP contribution in [-0.2, 0) is 21.4 Å². The van der Waals surface area contributed by atoms with E-state index in [1.165, 1.54) is 23.4 Å². The molecule has 2 N–H and O–H groups in total. The summed E-state index contributed by atoms with van der Waals surface area (Å²) in [5.41, 5.74) is 2.69. The van der Waals surface area contributed by atoms with Gasteiger partial charge in [0.15, 0.2) is 6.04 Å². The van der Waals surface area contributed by atoms with Crippen molar-refractivity contribution in [3.8, 4) is 0 Å². The van der Waals surface area contributed by atoms with Gasteiger partial charge < -0.3 is 15.5 Å². The third-order valence-corrected chi connectivity index (χ3v) is 6.48. The average molecular weight is 446 g/mol. The highest BCUT2D eigenvalue weighted by Crippen LogP contribution is 2.40. The summed E-state index contributed by atoms with van der Waals surface area (Å²) in [6.07, 6.45) is -2.64. The van der Waals surface area contributed by atoms with Gasteiger partial charge >= 0.3 is 6.18 Å². The van der Waals surface area contributed by atoms with Crippen molar-refractivity contribution in [3.05, 3.63) is 59.4 Å². The standard InChI is InChI=1S/C23H25F3N4O2/c1-22(2)15-7-5-4-6-13(15)10-18(22)28-14-8-9-16(27-12-14)20(23(24,25)26)30(3)21(32)17-11-19(31)29-17/h4-9,12,17-18,20,28H,10-11H2,1-3H3,(H,29,31)/t17?,18?,20-/m0/s1. The number of β-lactam (4-membered cyclic amide) rings is 1. The van der Waals surface area contributed by atoms with Crippen molar-refractivity contribution in [1.29, 1.82) is 0 Å². The lowest BCUT2D eigenvalue weighted by Gasteiger charge is -2.35. The fourth-order valence-electron chi connectivity index (χ4n) is 4.54. The summed E-state index contributed by atoms with van der Waals surface area (Å²) in [7, 11) is 1.08. The normalized spacial score (nSPS) is 22.4. The number of hydrogen-bond acceptors (Lipinski definition) is 4. The zero-order valence-corrected chi connectivity index (χ0v) is 18.0. The molecule has 1 aliphatic heterocycles. The van der Waals surface area contributed by atoms with E-state index in [0.29, 0.717) is 10.6 Å². The smallest absolute Gasteiger partial charge is 0.380 e. The van der Waals surface area contributed by atoms with Gasteiger partial charge in [-0.25, -0.2) is 0 Å². The number of rotatable bonds is 5. The first-order valence-electron chi connectivity index (χ1n) is 10.4. The van der Waals surface area contributed by atoms with E-state index in [9.17, 15) is 22.8 Å². The third-order valence-electron chi connectivity index (χ3n) is 6.48. The number of nitrogens with zero attached hydrogens (tertiary/aromatic N) is 2. The summed E-state index contributed by atoms with van der Waals surface area (Å²) in [5, 5.41) is 5.72. The zero-order valence-electron chi connectivity index (χ0n) is 18.0. The van der Waals surface area contributed by atoms with Crippen LogP contribution in [-0.4, -0.2) is 47.0 Å². The van der Waals surface area contributed by atoms with Crippen LogP contribution in [0.1, 0.15) is 43.1 Å². The highest BCUT2D eigenvalue weighted by atomic mass is 19.4. The van der Waals surface area contributed by atoms with E-state index in [1.807, 2.05) is 12.1 Å². The number of anilines is 1. The van der Waals surface area contributed by atoms with Crippen molar-refractivity contribution in [2.75, 3.05) is 12.4 Å². The van der Waals surface area contributed by atoms with Gasteiger partial charge in [-0.1, -0.05) is 38.1 Å². The van der Waals surface area contributed by atoms with E-state index in [2.05, 4.69) is 41.6 Å². The van der Waals surface area contributed by atoms with Gasteiger partial charge in [-0.2, -0.15) is 13.2 Å². The number of aromatic nitrogens is 1. The number of halogens is 3. The van der Waals surface area contributed by atoms with Gasteiger partial charge in [0, 0.05) is 18.5 Å². The van der Waals surface area contributed by atoms with Crippen LogP contribution in [0.5, 0.6) is 0 Å². The Morgan fingerprint density at radius 1 is 1.22 bits per heavy atom. The Morgan fingerprint density at radius 2 is 1.91 bits per heavy atom. The van der Waals surface area contributed by atoms with Gasteiger partial charge in [-0.05, 0) is 29.7 Å². The molecule has 1 aromatic heterocycles. The van der Waals surface area contributed by atoms with E-state index in [1.54, 1.807) is 6.07 Å². The molecule has 9 heteroatoms. The molecule has 2 unspecified atom stereocenters. The topological polar surface area (TPSA) is 74.3 Å². The number of amides is 2. The zero-order chi connectivity index (χ0) is 23.3. The first kappa shape index (κ1) is 22.1. The monoisotopic (exact) mass is 446 g/mol. The van der Waals surface area contributed by atoms with Crippen LogP contribution in [0.2, 0.25) is 0 Å². The Kier molecular flexibility index (Phi) is 5.38. The van der Waals surface area contributed by atoms with Crippen LogP contribution < -0.4 is 10.6 Å². The maximum absolute atomic E-state index is 13.8. The Labute approximate surface area is 184 Å². The number of pyridine rings is 1. The van der Waals surface area contributed by atoms with Crippen LogP contribution in [0.15, 0.2) is 42.6 Å². The molecular formula is C23H25F3N4O2. The van der Waals surface area contributed by atoms with Gasteiger partial charge in [0.1, 0.15) is 6.04 Å². The summed E-state index contributed by atoms with van der Waals surface area (Å²) in [4.78, 5) is 28.1. The molecule has 0 radical (unpaired) electrons. The first-order valence-corrected chi connectivity index (χ1v) is 10.4. The number of benzene rings is 1. The predicted octanol–water partition coefficient (Wildman–Crippen LogP) is 3.35. The molecule has 6 nitrogen and oxygen atoms in total. The minimum absolute atomic E-state index is 0.0671. The third kappa shape index (κ3) is 3.91. The van der Waals surface area contributed by atoms with E-state index >= 15 is 0 Å². The molecular weight excluding hydrogens is 421 g/mol. The quantitative estimate of drug-likeness (QED) is 0.691. The lowest BCUT2D eigenvalue weighted by molar-refractivity contribution is -0.191. The van der Waals surface area contributed by atoms with Crippen LogP contribution in [0.3, 0.4) is 0 Å². The fourth-order valence-corrected chi connectivity index (χ4v) is 4.54. The van der Waals surface area contributed by atoms with E-state index < -0.39 is 24.2 Å². The molecule has 0 bridgehead atoms. The number of hydrogen-bond donors (Lipinski definition) is 2. The summed E-state index contributed by atoms with van der Waals surface area (Å²) in [6, 6.07) is 7.98. The number of carbonyl (C=O) groups is 2. The van der Waals surface area contributed by atoms with Crippen molar-refractivity contribution >= 4 is 17.5 Å². The Bertz CT molecular complexity index is 1030. The second kappa shape index (κ2) is 7.79. The molecule has 170 valence electrons. The fraction of sp³-hybridized carbons (Fsp3) is 0.435. The molecule has 0 saturated carbocycles. The number of alkyl halides is 3. The second-order valence-electron chi connectivity index (χ2n) is 8.97. The van der Waals surface area contributed by atoms with E-state index in [-0.39, 0.29) is 29.5 Å². The first-order chi connectivity index (χ1) is 15.0. The van der Waals surface area contributed by atoms with Crippen LogP contribution in [0, 0.1) is 0 Å². The second-order valence-corrected chi connectivity index (χ2v) is 8.97. The number of carbonyl (C=O) groups excluding carboxylic acids is 2. The Balaban J connectivity index is 1.51. The maximum atomic E-state index is 13.8. The molecule has 1 aromatic carbocycles. The number of likely N-dealkylation sites (N-methyl/N-ethyl adjacent to an activating group) is 1. The van der Waals surface area contributed by atoms with E-state index in [4.69, 9.17) is 0 Å². The number of nitrogens with one attached hydrogen (secondary N) is 2. The maximum Gasteiger partial charge on any atom is 0.414 e. The molecule has 32 heavy (non-hydrogen) atoms. The minimum atomic E-state index is -4.71.